The Morgan fingerprint density at radius 1 is 1.11 bits per heavy atom. The first kappa shape index (κ1) is 13.7. The summed E-state index contributed by atoms with van der Waals surface area (Å²) >= 11 is 11.9. The zero-order chi connectivity index (χ0) is 13.8. The highest BCUT2D eigenvalue weighted by atomic mass is 35.5. The standard InChI is InChI=1S/C14H12Cl2N2O/c15-11-4-2-1-3-9(11)7-14(19)18-10-5-6-13(17)12(16)8-10/h1-6,8H,7,17H2,(H,18,19). The molecule has 0 heterocycles. The molecule has 19 heavy (non-hydrogen) atoms. The van der Waals surface area contributed by atoms with Crippen molar-refractivity contribution in [2.75, 3.05) is 11.1 Å². The van der Waals surface area contributed by atoms with Gasteiger partial charge in [-0.05, 0) is 29.8 Å². The summed E-state index contributed by atoms with van der Waals surface area (Å²) in [7, 11) is 0. The van der Waals surface area contributed by atoms with Gasteiger partial charge in [-0.15, -0.1) is 0 Å². The normalized spacial score (nSPS) is 10.2. The van der Waals surface area contributed by atoms with E-state index in [1.807, 2.05) is 18.2 Å². The van der Waals surface area contributed by atoms with E-state index < -0.39 is 0 Å². The van der Waals surface area contributed by atoms with Crippen LogP contribution in [0.1, 0.15) is 5.56 Å². The molecular weight excluding hydrogens is 283 g/mol. The van der Waals surface area contributed by atoms with Crippen LogP contribution < -0.4 is 11.1 Å². The number of nitrogens with one attached hydrogen (secondary N) is 1. The molecule has 98 valence electrons. The first-order valence-corrected chi connectivity index (χ1v) is 6.40. The van der Waals surface area contributed by atoms with Crippen LogP contribution in [-0.4, -0.2) is 5.91 Å². The van der Waals surface area contributed by atoms with Gasteiger partial charge in [0, 0.05) is 10.7 Å². The number of anilines is 2. The molecule has 0 spiro atoms. The Balaban J connectivity index is 2.05. The lowest BCUT2D eigenvalue weighted by Crippen LogP contribution is -2.14. The fraction of sp³-hybridized carbons (Fsp3) is 0.0714. The molecule has 2 rings (SSSR count). The van der Waals surface area contributed by atoms with Gasteiger partial charge in [-0.3, -0.25) is 4.79 Å². The average molecular weight is 295 g/mol. The molecule has 0 aliphatic rings. The molecule has 0 fully saturated rings. The van der Waals surface area contributed by atoms with Crippen molar-refractivity contribution in [1.82, 2.24) is 0 Å². The number of rotatable bonds is 3. The molecule has 2 aromatic carbocycles. The molecule has 0 atom stereocenters. The molecule has 0 bridgehead atoms. The van der Waals surface area contributed by atoms with Crippen LogP contribution in [0.3, 0.4) is 0 Å². The first-order valence-electron chi connectivity index (χ1n) is 5.64. The molecule has 0 saturated carbocycles. The third-order valence-electron chi connectivity index (χ3n) is 2.59. The van der Waals surface area contributed by atoms with Gasteiger partial charge in [-0.25, -0.2) is 0 Å². The van der Waals surface area contributed by atoms with E-state index in [0.717, 1.165) is 5.56 Å². The lowest BCUT2D eigenvalue weighted by molar-refractivity contribution is -0.115. The maximum absolute atomic E-state index is 11.9. The molecule has 1 amide bonds. The predicted octanol–water partition coefficient (Wildman–Crippen LogP) is 3.76. The van der Waals surface area contributed by atoms with Crippen molar-refractivity contribution >= 4 is 40.5 Å². The van der Waals surface area contributed by atoms with E-state index in [2.05, 4.69) is 5.32 Å². The van der Waals surface area contributed by atoms with Gasteiger partial charge in [0.2, 0.25) is 5.91 Å². The minimum atomic E-state index is -0.158. The van der Waals surface area contributed by atoms with Crippen molar-refractivity contribution < 1.29 is 4.79 Å². The van der Waals surface area contributed by atoms with Crippen molar-refractivity contribution in [1.29, 1.82) is 0 Å². The topological polar surface area (TPSA) is 55.1 Å². The third kappa shape index (κ3) is 3.63. The van der Waals surface area contributed by atoms with Gasteiger partial charge in [-0.2, -0.15) is 0 Å². The second kappa shape index (κ2) is 5.95. The smallest absolute Gasteiger partial charge is 0.228 e. The Labute approximate surface area is 121 Å². The Morgan fingerprint density at radius 2 is 1.84 bits per heavy atom. The Kier molecular flexibility index (Phi) is 4.30. The summed E-state index contributed by atoms with van der Waals surface area (Å²) in [6.45, 7) is 0. The molecular formula is C14H12Cl2N2O. The first-order chi connectivity index (χ1) is 9.06. The highest BCUT2D eigenvalue weighted by Crippen LogP contribution is 2.23. The third-order valence-corrected chi connectivity index (χ3v) is 3.29. The monoisotopic (exact) mass is 294 g/mol. The van der Waals surface area contributed by atoms with Crippen LogP contribution in [0, 0.1) is 0 Å². The molecule has 0 aliphatic carbocycles. The molecule has 0 aromatic heterocycles. The van der Waals surface area contributed by atoms with E-state index in [9.17, 15) is 4.79 Å². The van der Waals surface area contributed by atoms with Gasteiger partial charge in [-0.1, -0.05) is 41.4 Å². The number of nitrogen functional groups attached to an aromatic ring is 1. The average Bonchev–Trinajstić information content (AvgIpc) is 2.37. The number of carbonyl (C=O) groups excluding carboxylic acids is 1. The minimum absolute atomic E-state index is 0.158. The van der Waals surface area contributed by atoms with E-state index in [1.165, 1.54) is 0 Å². The van der Waals surface area contributed by atoms with Crippen molar-refractivity contribution in [2.24, 2.45) is 0 Å². The highest BCUT2D eigenvalue weighted by Gasteiger charge is 2.07. The van der Waals surface area contributed by atoms with Crippen LogP contribution in [0.25, 0.3) is 0 Å². The Hall–Kier alpha value is -1.71. The molecule has 0 radical (unpaired) electrons. The van der Waals surface area contributed by atoms with E-state index in [0.29, 0.717) is 21.4 Å². The van der Waals surface area contributed by atoms with Gasteiger partial charge in [0.15, 0.2) is 0 Å². The Morgan fingerprint density at radius 3 is 2.53 bits per heavy atom. The fourth-order valence-corrected chi connectivity index (χ4v) is 2.01. The van der Waals surface area contributed by atoms with Gasteiger partial charge < -0.3 is 11.1 Å². The van der Waals surface area contributed by atoms with Crippen molar-refractivity contribution in [3.63, 3.8) is 0 Å². The highest BCUT2D eigenvalue weighted by molar-refractivity contribution is 6.33. The van der Waals surface area contributed by atoms with Gasteiger partial charge in [0.1, 0.15) is 0 Å². The predicted molar refractivity (Wildman–Crippen MR) is 79.7 cm³/mol. The fourth-order valence-electron chi connectivity index (χ4n) is 1.62. The number of hydrogen-bond acceptors (Lipinski definition) is 2. The molecule has 0 unspecified atom stereocenters. The number of nitrogens with two attached hydrogens (primary N) is 1. The molecule has 3 N–H and O–H groups in total. The minimum Gasteiger partial charge on any atom is -0.398 e. The van der Waals surface area contributed by atoms with Crippen molar-refractivity contribution in [3.05, 3.63) is 58.1 Å². The maximum Gasteiger partial charge on any atom is 0.228 e. The largest absolute Gasteiger partial charge is 0.398 e. The summed E-state index contributed by atoms with van der Waals surface area (Å²) in [5.41, 5.74) is 7.47. The number of hydrogen-bond donors (Lipinski definition) is 2. The summed E-state index contributed by atoms with van der Waals surface area (Å²) in [5, 5.41) is 3.74. The zero-order valence-electron chi connectivity index (χ0n) is 9.99. The summed E-state index contributed by atoms with van der Waals surface area (Å²) in [4.78, 5) is 11.9. The summed E-state index contributed by atoms with van der Waals surface area (Å²) in [6.07, 6.45) is 0.210. The lowest BCUT2D eigenvalue weighted by atomic mass is 10.1. The van der Waals surface area contributed by atoms with E-state index >= 15 is 0 Å². The van der Waals surface area contributed by atoms with E-state index in [1.54, 1.807) is 24.3 Å². The van der Waals surface area contributed by atoms with Crippen molar-refractivity contribution in [2.45, 2.75) is 6.42 Å². The number of carbonyl (C=O) groups is 1. The lowest BCUT2D eigenvalue weighted by Gasteiger charge is -2.07. The number of benzene rings is 2. The summed E-state index contributed by atoms with van der Waals surface area (Å²) in [6, 6.07) is 12.2. The van der Waals surface area contributed by atoms with Crippen LogP contribution in [-0.2, 0) is 11.2 Å². The summed E-state index contributed by atoms with van der Waals surface area (Å²) < 4.78 is 0. The van der Waals surface area contributed by atoms with Gasteiger partial charge >= 0.3 is 0 Å². The molecule has 0 aliphatic heterocycles. The zero-order valence-corrected chi connectivity index (χ0v) is 11.5. The molecule has 0 saturated heterocycles. The maximum atomic E-state index is 11.9. The van der Waals surface area contributed by atoms with Crippen LogP contribution >= 0.6 is 23.2 Å². The van der Waals surface area contributed by atoms with Crippen LogP contribution in [0.5, 0.6) is 0 Å². The quantitative estimate of drug-likeness (QED) is 0.847. The van der Waals surface area contributed by atoms with Crippen LogP contribution in [0.2, 0.25) is 10.0 Å². The molecule has 5 heteroatoms. The van der Waals surface area contributed by atoms with Gasteiger partial charge in [0.25, 0.3) is 0 Å². The second-order valence-electron chi connectivity index (χ2n) is 4.05. The van der Waals surface area contributed by atoms with Crippen LogP contribution in [0.4, 0.5) is 11.4 Å². The van der Waals surface area contributed by atoms with Crippen LogP contribution in [0.15, 0.2) is 42.5 Å². The van der Waals surface area contributed by atoms with Gasteiger partial charge in [0.05, 0.1) is 17.1 Å². The van der Waals surface area contributed by atoms with E-state index in [4.69, 9.17) is 28.9 Å². The number of amides is 1. The summed E-state index contributed by atoms with van der Waals surface area (Å²) in [5.74, 6) is -0.158. The SMILES string of the molecule is Nc1ccc(NC(=O)Cc2ccccc2Cl)cc1Cl. The number of halogens is 2. The Bertz CT molecular complexity index is 614. The molecule has 3 nitrogen and oxygen atoms in total. The molecule has 2 aromatic rings. The second-order valence-corrected chi connectivity index (χ2v) is 4.87. The van der Waals surface area contributed by atoms with E-state index in [-0.39, 0.29) is 12.3 Å². The van der Waals surface area contributed by atoms with Crippen molar-refractivity contribution in [3.8, 4) is 0 Å².